The third kappa shape index (κ3) is 6.03. The number of anilines is 1. The summed E-state index contributed by atoms with van der Waals surface area (Å²) in [6, 6.07) is 14.8. The van der Waals surface area contributed by atoms with Crippen LogP contribution in [-0.2, 0) is 6.18 Å². The van der Waals surface area contributed by atoms with Gasteiger partial charge in [0.25, 0.3) is 5.91 Å². The highest BCUT2D eigenvalue weighted by atomic mass is 19.4. The quantitative estimate of drug-likeness (QED) is 0.405. The zero-order chi connectivity index (χ0) is 27.6. The minimum atomic E-state index is -4.50. The molecule has 6 nitrogen and oxygen atoms in total. The molecule has 5 rings (SSSR count). The summed E-state index contributed by atoms with van der Waals surface area (Å²) in [5.41, 5.74) is 7.36. The van der Waals surface area contributed by atoms with Gasteiger partial charge in [0.2, 0.25) is 0 Å². The molecule has 2 aliphatic heterocycles. The number of carbonyl (C=O) groups is 1. The lowest BCUT2D eigenvalue weighted by Crippen LogP contribution is -2.45. The number of carbonyl (C=O) groups excluding carboxylic acids is 1. The predicted octanol–water partition coefficient (Wildman–Crippen LogP) is 6.19. The molecule has 1 atom stereocenters. The van der Waals surface area contributed by atoms with E-state index in [1.165, 1.54) is 38.1 Å². The van der Waals surface area contributed by atoms with E-state index in [0.717, 1.165) is 37.6 Å². The maximum absolute atomic E-state index is 13.5. The maximum Gasteiger partial charge on any atom is 0.416 e. The van der Waals surface area contributed by atoms with Gasteiger partial charge in [-0.3, -0.25) is 4.79 Å². The Morgan fingerprint density at radius 2 is 1.67 bits per heavy atom. The van der Waals surface area contributed by atoms with Crippen LogP contribution in [0.4, 0.5) is 19.0 Å². The average molecular weight is 539 g/mol. The van der Waals surface area contributed by atoms with Crippen molar-refractivity contribution in [2.24, 2.45) is 0 Å². The second-order valence-electron chi connectivity index (χ2n) is 10.3. The lowest BCUT2D eigenvalue weighted by atomic mass is 10.0. The van der Waals surface area contributed by atoms with Crippen LogP contribution in [-0.4, -0.2) is 52.9 Å². The van der Waals surface area contributed by atoms with Crippen LogP contribution >= 0.6 is 0 Å². The first kappa shape index (κ1) is 27.0. The maximum atomic E-state index is 13.5. The van der Waals surface area contributed by atoms with Crippen molar-refractivity contribution in [3.05, 3.63) is 77.5 Å². The molecule has 0 saturated carbocycles. The van der Waals surface area contributed by atoms with E-state index in [0.29, 0.717) is 17.2 Å². The van der Waals surface area contributed by atoms with Crippen LogP contribution in [0.5, 0.6) is 5.75 Å². The molecule has 3 heterocycles. The number of hydrogen-bond acceptors (Lipinski definition) is 5. The van der Waals surface area contributed by atoms with Crippen molar-refractivity contribution >= 4 is 11.7 Å². The molecule has 2 N–H and O–H groups in total. The van der Waals surface area contributed by atoms with Crippen molar-refractivity contribution in [2.75, 3.05) is 31.9 Å². The average Bonchev–Trinajstić information content (AvgIpc) is 3.49. The van der Waals surface area contributed by atoms with Crippen LogP contribution in [0.1, 0.15) is 60.2 Å². The Labute approximate surface area is 226 Å². The number of aromatic nitrogens is 1. The normalized spacial score (nSPS) is 17.8. The number of halogens is 3. The molecule has 3 aromatic rings. The summed E-state index contributed by atoms with van der Waals surface area (Å²) in [5, 5.41) is 0. The smallest absolute Gasteiger partial charge is 0.416 e. The van der Waals surface area contributed by atoms with E-state index in [1.54, 1.807) is 37.4 Å². The van der Waals surface area contributed by atoms with Crippen LogP contribution in [0.2, 0.25) is 0 Å². The molecule has 0 radical (unpaired) electrons. The third-order valence-electron chi connectivity index (χ3n) is 7.76. The first-order valence-corrected chi connectivity index (χ1v) is 13.4. The minimum absolute atomic E-state index is 0.0159. The molecule has 1 aromatic heterocycles. The van der Waals surface area contributed by atoms with Gasteiger partial charge in [-0.1, -0.05) is 30.3 Å². The Morgan fingerprint density at radius 3 is 2.33 bits per heavy atom. The molecule has 0 spiro atoms. The Kier molecular flexibility index (Phi) is 7.79. The van der Waals surface area contributed by atoms with Gasteiger partial charge in [-0.05, 0) is 75.5 Å². The summed E-state index contributed by atoms with van der Waals surface area (Å²) < 4.78 is 46.3. The van der Waals surface area contributed by atoms with Gasteiger partial charge < -0.3 is 20.3 Å². The van der Waals surface area contributed by atoms with Gasteiger partial charge in [-0.15, -0.1) is 0 Å². The van der Waals surface area contributed by atoms with Gasteiger partial charge >= 0.3 is 6.18 Å². The Bertz CT molecular complexity index is 1300. The van der Waals surface area contributed by atoms with Gasteiger partial charge in [0.1, 0.15) is 6.10 Å². The fraction of sp³-hybridized carbons (Fsp3) is 0.400. The highest BCUT2D eigenvalue weighted by Gasteiger charge is 2.35. The van der Waals surface area contributed by atoms with Crippen LogP contribution in [0.3, 0.4) is 0 Å². The lowest BCUT2D eigenvalue weighted by Gasteiger charge is -2.36. The Hall–Kier alpha value is -3.59. The molecule has 1 amide bonds. The van der Waals surface area contributed by atoms with Gasteiger partial charge in [0, 0.05) is 42.0 Å². The molecule has 9 heteroatoms. The number of likely N-dealkylation sites (tertiary alicyclic amines) is 2. The lowest BCUT2D eigenvalue weighted by molar-refractivity contribution is -0.138. The van der Waals surface area contributed by atoms with Crippen LogP contribution in [0.15, 0.2) is 60.8 Å². The van der Waals surface area contributed by atoms with E-state index in [9.17, 15) is 18.0 Å². The topological polar surface area (TPSA) is 71.7 Å². The van der Waals surface area contributed by atoms with E-state index in [4.69, 9.17) is 10.5 Å². The first-order chi connectivity index (χ1) is 18.7. The highest BCUT2D eigenvalue weighted by molar-refractivity contribution is 5.94. The number of nitrogen functional groups attached to an aromatic ring is 1. The summed E-state index contributed by atoms with van der Waals surface area (Å²) in [6.07, 6.45) is 0.739. The fourth-order valence-corrected chi connectivity index (χ4v) is 5.60. The van der Waals surface area contributed by atoms with E-state index < -0.39 is 17.8 Å². The Morgan fingerprint density at radius 1 is 1.00 bits per heavy atom. The molecular formula is C30H33F3N4O2. The number of amides is 1. The molecule has 2 aromatic carbocycles. The molecule has 1 unspecified atom stereocenters. The largest absolute Gasteiger partial charge is 0.482 e. The van der Waals surface area contributed by atoms with Crippen LogP contribution < -0.4 is 10.5 Å². The number of pyridine rings is 1. The molecule has 39 heavy (non-hydrogen) atoms. The summed E-state index contributed by atoms with van der Waals surface area (Å²) in [5.74, 6) is 0.301. The molecule has 2 saturated heterocycles. The van der Waals surface area contributed by atoms with Crippen molar-refractivity contribution in [1.82, 2.24) is 14.8 Å². The molecule has 0 aliphatic carbocycles. The molecule has 0 bridgehead atoms. The van der Waals surface area contributed by atoms with E-state index in [1.807, 2.05) is 17.0 Å². The van der Waals surface area contributed by atoms with Gasteiger partial charge in [0.15, 0.2) is 11.6 Å². The summed E-state index contributed by atoms with van der Waals surface area (Å²) in [4.78, 5) is 21.8. The summed E-state index contributed by atoms with van der Waals surface area (Å²) in [7, 11) is 0. The number of hydrogen-bond donors (Lipinski definition) is 1. The number of nitrogens with two attached hydrogens (primary N) is 1. The predicted molar refractivity (Wildman–Crippen MR) is 144 cm³/mol. The SMILES string of the molecule is CC(Oc1cc(-c2ccc(C(=O)N3CCC(N4CCCC4)CC3)cc2)cnc1N)c1ccccc1C(F)(F)F. The number of alkyl halides is 3. The second-order valence-corrected chi connectivity index (χ2v) is 10.3. The molecular weight excluding hydrogens is 505 g/mol. The number of benzene rings is 2. The minimum Gasteiger partial charge on any atom is -0.482 e. The summed E-state index contributed by atoms with van der Waals surface area (Å²) in [6.45, 7) is 5.42. The monoisotopic (exact) mass is 538 g/mol. The third-order valence-corrected chi connectivity index (χ3v) is 7.76. The van der Waals surface area contributed by atoms with E-state index in [-0.39, 0.29) is 23.0 Å². The van der Waals surface area contributed by atoms with Gasteiger partial charge in [0.05, 0.1) is 5.56 Å². The van der Waals surface area contributed by atoms with Gasteiger partial charge in [-0.2, -0.15) is 13.2 Å². The van der Waals surface area contributed by atoms with Crippen molar-refractivity contribution in [3.8, 4) is 16.9 Å². The molecule has 2 fully saturated rings. The zero-order valence-electron chi connectivity index (χ0n) is 22.0. The van der Waals surface area contributed by atoms with E-state index in [2.05, 4.69) is 9.88 Å². The van der Waals surface area contributed by atoms with E-state index >= 15 is 0 Å². The highest BCUT2D eigenvalue weighted by Crippen LogP contribution is 2.37. The van der Waals surface area contributed by atoms with Crippen LogP contribution in [0.25, 0.3) is 11.1 Å². The van der Waals surface area contributed by atoms with Crippen molar-refractivity contribution in [2.45, 2.75) is 50.9 Å². The fourth-order valence-electron chi connectivity index (χ4n) is 5.60. The number of rotatable bonds is 6. The Balaban J connectivity index is 1.26. The number of ether oxygens (including phenoxy) is 1. The second kappa shape index (κ2) is 11.3. The summed E-state index contributed by atoms with van der Waals surface area (Å²) >= 11 is 0. The van der Waals surface area contributed by atoms with Crippen molar-refractivity contribution in [1.29, 1.82) is 0 Å². The van der Waals surface area contributed by atoms with Gasteiger partial charge in [-0.25, -0.2) is 4.98 Å². The first-order valence-electron chi connectivity index (χ1n) is 13.4. The standard InChI is InChI=1S/C30H33F3N4O2/c1-20(25-6-2-3-7-26(25)30(31,32)33)39-27-18-23(19-35-28(27)34)21-8-10-22(11-9-21)29(38)37-16-12-24(13-17-37)36-14-4-5-15-36/h2-3,6-11,18-20,24H,4-5,12-17H2,1H3,(H2,34,35). The van der Waals surface area contributed by atoms with Crippen LogP contribution in [0, 0.1) is 0 Å². The molecule has 2 aliphatic rings. The number of nitrogens with zero attached hydrogens (tertiary/aromatic N) is 3. The molecule has 206 valence electrons. The van der Waals surface area contributed by atoms with Crippen molar-refractivity contribution in [3.63, 3.8) is 0 Å². The number of piperidine rings is 1. The van der Waals surface area contributed by atoms with Crippen molar-refractivity contribution < 1.29 is 22.7 Å². The zero-order valence-corrected chi connectivity index (χ0v) is 22.0.